The number of hydrogen-bond acceptors (Lipinski definition) is 4. The van der Waals surface area contributed by atoms with Crippen LogP contribution in [0.2, 0.25) is 0 Å². The number of esters is 1. The standard InChI is InChI=1S/C20H19F2NO4/c1-13-3-9-17(14(2)11-13)23-18(24)12-26-19(25)10-6-15-4-7-16(8-5-15)27-20(21)22/h3-11,20H,12H2,1-2H3,(H,23,24)/b10-6+. The third-order valence-corrected chi connectivity index (χ3v) is 3.52. The molecule has 2 aromatic rings. The van der Waals surface area contributed by atoms with Gasteiger partial charge in [0, 0.05) is 11.8 Å². The van der Waals surface area contributed by atoms with E-state index < -0.39 is 25.1 Å². The van der Waals surface area contributed by atoms with Crippen LogP contribution in [-0.2, 0) is 14.3 Å². The number of ether oxygens (including phenoxy) is 2. The van der Waals surface area contributed by atoms with Crippen LogP contribution in [0, 0.1) is 13.8 Å². The Hall–Kier alpha value is -3.22. The number of benzene rings is 2. The molecular formula is C20H19F2NO4. The first-order valence-electron chi connectivity index (χ1n) is 8.10. The summed E-state index contributed by atoms with van der Waals surface area (Å²) in [6.07, 6.45) is 2.59. The van der Waals surface area contributed by atoms with Gasteiger partial charge in [0.05, 0.1) is 0 Å². The molecule has 0 atom stereocenters. The van der Waals surface area contributed by atoms with Crippen molar-refractivity contribution < 1.29 is 27.8 Å². The molecule has 27 heavy (non-hydrogen) atoms. The number of alkyl halides is 2. The predicted molar refractivity (Wildman–Crippen MR) is 97.6 cm³/mol. The molecule has 0 saturated carbocycles. The summed E-state index contributed by atoms with van der Waals surface area (Å²) >= 11 is 0. The Morgan fingerprint density at radius 1 is 1.11 bits per heavy atom. The van der Waals surface area contributed by atoms with Gasteiger partial charge in [-0.25, -0.2) is 4.79 Å². The third kappa shape index (κ3) is 6.89. The van der Waals surface area contributed by atoms with Crippen LogP contribution >= 0.6 is 0 Å². The van der Waals surface area contributed by atoms with Gasteiger partial charge in [0.25, 0.3) is 5.91 Å². The minimum Gasteiger partial charge on any atom is -0.452 e. The Labute approximate surface area is 155 Å². The molecular weight excluding hydrogens is 356 g/mol. The maximum absolute atomic E-state index is 12.1. The molecule has 0 aliphatic heterocycles. The summed E-state index contributed by atoms with van der Waals surface area (Å²) in [6.45, 7) is 0.509. The van der Waals surface area contributed by atoms with E-state index in [1.807, 2.05) is 26.0 Å². The lowest BCUT2D eigenvalue weighted by Crippen LogP contribution is -2.20. The molecule has 142 valence electrons. The van der Waals surface area contributed by atoms with Gasteiger partial charge in [0.1, 0.15) is 5.75 Å². The molecule has 1 amide bonds. The van der Waals surface area contributed by atoms with Gasteiger partial charge in [-0.2, -0.15) is 8.78 Å². The summed E-state index contributed by atoms with van der Waals surface area (Å²) in [5, 5.41) is 2.67. The number of hydrogen-bond donors (Lipinski definition) is 1. The van der Waals surface area contributed by atoms with E-state index in [0.717, 1.165) is 17.2 Å². The number of rotatable bonds is 7. The number of carbonyl (C=O) groups excluding carboxylic acids is 2. The molecule has 0 unspecified atom stereocenters. The molecule has 0 bridgehead atoms. The summed E-state index contributed by atoms with van der Waals surface area (Å²) in [5.74, 6) is -1.12. The summed E-state index contributed by atoms with van der Waals surface area (Å²) in [7, 11) is 0. The van der Waals surface area contributed by atoms with E-state index >= 15 is 0 Å². The van der Waals surface area contributed by atoms with E-state index in [0.29, 0.717) is 11.3 Å². The number of halogens is 2. The van der Waals surface area contributed by atoms with Gasteiger partial charge in [0.2, 0.25) is 0 Å². The molecule has 0 heterocycles. The number of carbonyl (C=O) groups is 2. The van der Waals surface area contributed by atoms with Crippen LogP contribution in [0.1, 0.15) is 16.7 Å². The van der Waals surface area contributed by atoms with Crippen molar-refractivity contribution >= 4 is 23.6 Å². The molecule has 0 radical (unpaired) electrons. The van der Waals surface area contributed by atoms with Crippen LogP contribution in [0.25, 0.3) is 6.08 Å². The van der Waals surface area contributed by atoms with Gasteiger partial charge in [-0.3, -0.25) is 4.79 Å². The maximum Gasteiger partial charge on any atom is 0.387 e. The summed E-state index contributed by atoms with van der Waals surface area (Å²) in [6, 6.07) is 11.3. The lowest BCUT2D eigenvalue weighted by atomic mass is 10.1. The highest BCUT2D eigenvalue weighted by atomic mass is 19.3. The van der Waals surface area contributed by atoms with Gasteiger partial charge in [-0.05, 0) is 49.2 Å². The first-order chi connectivity index (χ1) is 12.8. The topological polar surface area (TPSA) is 64.6 Å². The number of nitrogens with one attached hydrogen (secondary N) is 1. The van der Waals surface area contributed by atoms with Gasteiger partial charge in [-0.1, -0.05) is 29.8 Å². The fourth-order valence-electron chi connectivity index (χ4n) is 2.25. The number of aryl methyl sites for hydroxylation is 2. The highest BCUT2D eigenvalue weighted by Crippen LogP contribution is 2.16. The number of anilines is 1. The predicted octanol–water partition coefficient (Wildman–Crippen LogP) is 4.10. The Bertz CT molecular complexity index is 832. The van der Waals surface area contributed by atoms with Gasteiger partial charge >= 0.3 is 12.6 Å². The lowest BCUT2D eigenvalue weighted by molar-refractivity contribution is -0.142. The summed E-state index contributed by atoms with van der Waals surface area (Å²) in [4.78, 5) is 23.6. The minimum atomic E-state index is -2.89. The van der Waals surface area contributed by atoms with E-state index in [4.69, 9.17) is 4.74 Å². The molecule has 0 saturated heterocycles. The molecule has 5 nitrogen and oxygen atoms in total. The van der Waals surface area contributed by atoms with E-state index in [2.05, 4.69) is 10.1 Å². The largest absolute Gasteiger partial charge is 0.452 e. The Morgan fingerprint density at radius 3 is 2.44 bits per heavy atom. The highest BCUT2D eigenvalue weighted by Gasteiger charge is 2.08. The Kier molecular flexibility index (Phi) is 7.05. The average Bonchev–Trinajstić information content (AvgIpc) is 2.61. The average molecular weight is 375 g/mol. The molecule has 1 N–H and O–H groups in total. The van der Waals surface area contributed by atoms with Crippen molar-refractivity contribution in [3.05, 3.63) is 65.2 Å². The monoisotopic (exact) mass is 375 g/mol. The van der Waals surface area contributed by atoms with Crippen LogP contribution in [0.5, 0.6) is 5.75 Å². The van der Waals surface area contributed by atoms with Gasteiger partial charge < -0.3 is 14.8 Å². The van der Waals surface area contributed by atoms with Crippen molar-refractivity contribution in [2.45, 2.75) is 20.5 Å². The Morgan fingerprint density at radius 2 is 1.81 bits per heavy atom. The molecule has 0 spiro atoms. The zero-order valence-electron chi connectivity index (χ0n) is 14.9. The molecule has 0 aliphatic rings. The van der Waals surface area contributed by atoms with Crippen molar-refractivity contribution in [1.82, 2.24) is 0 Å². The fourth-order valence-corrected chi connectivity index (χ4v) is 2.25. The van der Waals surface area contributed by atoms with Crippen LogP contribution in [0.4, 0.5) is 14.5 Å². The lowest BCUT2D eigenvalue weighted by Gasteiger charge is -2.09. The van der Waals surface area contributed by atoms with Crippen molar-refractivity contribution in [3.8, 4) is 5.75 Å². The van der Waals surface area contributed by atoms with Crippen LogP contribution in [0.3, 0.4) is 0 Å². The molecule has 7 heteroatoms. The minimum absolute atomic E-state index is 0.0211. The zero-order chi connectivity index (χ0) is 19.8. The van der Waals surface area contributed by atoms with E-state index in [9.17, 15) is 18.4 Å². The van der Waals surface area contributed by atoms with Crippen molar-refractivity contribution in [3.63, 3.8) is 0 Å². The molecule has 0 aliphatic carbocycles. The highest BCUT2D eigenvalue weighted by molar-refractivity contribution is 5.95. The third-order valence-electron chi connectivity index (χ3n) is 3.52. The quantitative estimate of drug-likeness (QED) is 0.585. The second-order valence-electron chi connectivity index (χ2n) is 5.76. The van der Waals surface area contributed by atoms with Crippen LogP contribution < -0.4 is 10.1 Å². The molecule has 2 aromatic carbocycles. The van der Waals surface area contributed by atoms with Crippen LogP contribution in [-0.4, -0.2) is 25.1 Å². The summed E-state index contributed by atoms with van der Waals surface area (Å²) < 4.78 is 33.3. The molecule has 2 rings (SSSR count). The SMILES string of the molecule is Cc1ccc(NC(=O)COC(=O)/C=C/c2ccc(OC(F)F)cc2)c(C)c1. The first-order valence-corrected chi connectivity index (χ1v) is 8.10. The van der Waals surface area contributed by atoms with Crippen molar-refractivity contribution in [2.24, 2.45) is 0 Å². The first kappa shape index (κ1) is 20.1. The maximum atomic E-state index is 12.1. The van der Waals surface area contributed by atoms with Gasteiger partial charge in [0.15, 0.2) is 6.61 Å². The van der Waals surface area contributed by atoms with E-state index in [1.54, 1.807) is 6.07 Å². The van der Waals surface area contributed by atoms with Gasteiger partial charge in [-0.15, -0.1) is 0 Å². The number of amides is 1. The normalized spacial score (nSPS) is 10.9. The second kappa shape index (κ2) is 9.47. The molecule has 0 fully saturated rings. The smallest absolute Gasteiger partial charge is 0.387 e. The molecule has 0 aromatic heterocycles. The fraction of sp³-hybridized carbons (Fsp3) is 0.200. The van der Waals surface area contributed by atoms with Crippen molar-refractivity contribution in [2.75, 3.05) is 11.9 Å². The summed E-state index contributed by atoms with van der Waals surface area (Å²) in [5.41, 5.74) is 3.24. The van der Waals surface area contributed by atoms with E-state index in [1.165, 1.54) is 30.3 Å². The Balaban J connectivity index is 1.81. The zero-order valence-corrected chi connectivity index (χ0v) is 14.9. The van der Waals surface area contributed by atoms with E-state index in [-0.39, 0.29) is 5.75 Å². The second-order valence-corrected chi connectivity index (χ2v) is 5.76. The van der Waals surface area contributed by atoms with Crippen molar-refractivity contribution in [1.29, 1.82) is 0 Å². The van der Waals surface area contributed by atoms with Crippen LogP contribution in [0.15, 0.2) is 48.5 Å².